The Bertz CT molecular complexity index is 436. The van der Waals surface area contributed by atoms with Crippen LogP contribution < -0.4 is 0 Å². The van der Waals surface area contributed by atoms with Gasteiger partial charge >= 0.3 is 0 Å². The maximum atomic E-state index is 10.3. The first-order valence-electron chi connectivity index (χ1n) is 9.27. The van der Waals surface area contributed by atoms with Crippen molar-refractivity contribution in [1.29, 1.82) is 0 Å². The third-order valence-corrected chi connectivity index (χ3v) is 6.62. The number of oxime groups is 1. The van der Waals surface area contributed by atoms with Crippen LogP contribution in [-0.2, 0) is 4.84 Å². The van der Waals surface area contributed by atoms with Gasteiger partial charge in [0.25, 0.3) is 0 Å². The van der Waals surface area contributed by atoms with Crippen LogP contribution in [0.15, 0.2) is 5.16 Å². The van der Waals surface area contributed by atoms with E-state index in [1.165, 1.54) is 44.2 Å². The lowest BCUT2D eigenvalue weighted by Gasteiger charge is -2.38. The molecule has 4 atom stereocenters. The minimum Gasteiger partial charge on any atom is -0.393 e. The van der Waals surface area contributed by atoms with Crippen molar-refractivity contribution < 1.29 is 15.1 Å². The van der Waals surface area contributed by atoms with Crippen LogP contribution in [0, 0.1) is 17.8 Å². The van der Waals surface area contributed by atoms with E-state index in [1.54, 1.807) is 0 Å². The molecule has 0 radical (unpaired) electrons. The highest BCUT2D eigenvalue weighted by Crippen LogP contribution is 2.48. The van der Waals surface area contributed by atoms with Gasteiger partial charge in [0.15, 0.2) is 0 Å². The zero-order valence-electron chi connectivity index (χ0n) is 13.4. The molecule has 0 bridgehead atoms. The minimum absolute atomic E-state index is 0.110. The Morgan fingerprint density at radius 3 is 2.45 bits per heavy atom. The first kappa shape index (κ1) is 14.9. The normalized spacial score (nSPS) is 43.2. The van der Waals surface area contributed by atoms with Crippen LogP contribution in [0.1, 0.15) is 70.6 Å². The molecule has 4 unspecified atom stereocenters. The molecule has 4 aliphatic rings. The summed E-state index contributed by atoms with van der Waals surface area (Å²) in [4.78, 5) is 5.57. The molecule has 3 aliphatic carbocycles. The van der Waals surface area contributed by atoms with Crippen LogP contribution in [0.5, 0.6) is 0 Å². The predicted molar refractivity (Wildman–Crippen MR) is 84.5 cm³/mol. The van der Waals surface area contributed by atoms with Crippen molar-refractivity contribution in [2.75, 3.05) is 0 Å². The Morgan fingerprint density at radius 1 is 1.05 bits per heavy atom. The van der Waals surface area contributed by atoms with E-state index < -0.39 is 0 Å². The molecule has 3 saturated carbocycles. The second-order valence-electron chi connectivity index (χ2n) is 8.15. The molecule has 2 N–H and O–H groups in total. The second-order valence-corrected chi connectivity index (χ2v) is 8.15. The topological polar surface area (TPSA) is 62.0 Å². The maximum absolute atomic E-state index is 10.3. The fourth-order valence-corrected chi connectivity index (χ4v) is 5.15. The van der Waals surface area contributed by atoms with E-state index in [9.17, 15) is 10.2 Å². The molecule has 4 heteroatoms. The number of hydrogen-bond donors (Lipinski definition) is 2. The van der Waals surface area contributed by atoms with Gasteiger partial charge in [-0.2, -0.15) is 0 Å². The maximum Gasteiger partial charge on any atom is 0.143 e. The molecule has 0 aromatic carbocycles. The summed E-state index contributed by atoms with van der Waals surface area (Å²) in [5.74, 6) is 1.25. The lowest BCUT2D eigenvalue weighted by molar-refractivity contribution is -0.00506. The predicted octanol–water partition coefficient (Wildman–Crippen LogP) is 3.01. The molecule has 0 aromatic rings. The molecule has 1 heterocycles. The Hall–Kier alpha value is -0.610. The van der Waals surface area contributed by atoms with Crippen molar-refractivity contribution in [1.82, 2.24) is 0 Å². The fourth-order valence-electron chi connectivity index (χ4n) is 5.15. The number of nitrogens with zero attached hydrogens (tertiary/aromatic N) is 1. The molecule has 0 saturated heterocycles. The Labute approximate surface area is 132 Å². The summed E-state index contributed by atoms with van der Waals surface area (Å²) < 4.78 is 0. The molecular weight excluding hydrogens is 278 g/mol. The largest absolute Gasteiger partial charge is 0.393 e. The third-order valence-electron chi connectivity index (χ3n) is 6.62. The van der Waals surface area contributed by atoms with E-state index in [0.29, 0.717) is 11.8 Å². The standard InChI is InChI=1S/C18H29NO3/c20-15-7-8-16(21)17(15)14-4-2-1-3-12(14)5-6-13-11-18(9-10-18)22-19-13/h12,14-17,20-21H,1-11H2. The molecule has 22 heavy (non-hydrogen) atoms. The molecule has 1 aliphatic heterocycles. The van der Waals surface area contributed by atoms with Crippen molar-refractivity contribution in [2.45, 2.75) is 88.4 Å². The highest BCUT2D eigenvalue weighted by molar-refractivity contribution is 5.86. The van der Waals surface area contributed by atoms with Crippen LogP contribution in [0.25, 0.3) is 0 Å². The van der Waals surface area contributed by atoms with E-state index in [0.717, 1.165) is 32.1 Å². The van der Waals surface area contributed by atoms with E-state index in [1.807, 2.05) is 0 Å². The van der Waals surface area contributed by atoms with Gasteiger partial charge in [-0.25, -0.2) is 0 Å². The van der Waals surface area contributed by atoms with Gasteiger partial charge in [0, 0.05) is 12.3 Å². The summed E-state index contributed by atoms with van der Waals surface area (Å²) >= 11 is 0. The average molecular weight is 307 g/mol. The van der Waals surface area contributed by atoms with Gasteiger partial charge in [-0.15, -0.1) is 0 Å². The highest BCUT2D eigenvalue weighted by atomic mass is 16.7. The Balaban J connectivity index is 1.36. The first-order valence-corrected chi connectivity index (χ1v) is 9.27. The van der Waals surface area contributed by atoms with Gasteiger partial charge in [-0.1, -0.05) is 24.4 Å². The Morgan fingerprint density at radius 2 is 1.77 bits per heavy atom. The van der Waals surface area contributed by atoms with Crippen LogP contribution in [0.2, 0.25) is 0 Å². The van der Waals surface area contributed by atoms with Crippen molar-refractivity contribution >= 4 is 5.71 Å². The number of aliphatic hydroxyl groups is 2. The molecule has 3 fully saturated rings. The van der Waals surface area contributed by atoms with Gasteiger partial charge in [-0.05, 0) is 56.8 Å². The molecule has 4 rings (SSSR count). The zero-order valence-corrected chi connectivity index (χ0v) is 13.4. The van der Waals surface area contributed by atoms with E-state index in [-0.39, 0.29) is 23.7 Å². The molecule has 0 amide bonds. The summed E-state index contributed by atoms with van der Waals surface area (Å²) in [6, 6.07) is 0. The van der Waals surface area contributed by atoms with Gasteiger partial charge in [0.05, 0.1) is 17.9 Å². The average Bonchev–Trinajstić information content (AvgIpc) is 3.02. The van der Waals surface area contributed by atoms with Crippen LogP contribution in [0.4, 0.5) is 0 Å². The zero-order chi connectivity index (χ0) is 15.2. The van der Waals surface area contributed by atoms with Crippen molar-refractivity contribution in [3.8, 4) is 0 Å². The summed E-state index contributed by atoms with van der Waals surface area (Å²) in [7, 11) is 0. The third kappa shape index (κ3) is 2.80. The van der Waals surface area contributed by atoms with Crippen molar-refractivity contribution in [3.05, 3.63) is 0 Å². The smallest absolute Gasteiger partial charge is 0.143 e. The molecule has 0 aromatic heterocycles. The molecule has 4 nitrogen and oxygen atoms in total. The lowest BCUT2D eigenvalue weighted by Crippen LogP contribution is -2.37. The van der Waals surface area contributed by atoms with Crippen LogP contribution in [0.3, 0.4) is 0 Å². The molecule has 124 valence electrons. The number of rotatable bonds is 4. The van der Waals surface area contributed by atoms with Gasteiger partial charge in [0.1, 0.15) is 5.60 Å². The molecular formula is C18H29NO3. The summed E-state index contributed by atoms with van der Waals surface area (Å²) in [5.41, 5.74) is 1.36. The van der Waals surface area contributed by atoms with Crippen LogP contribution >= 0.6 is 0 Å². The lowest BCUT2D eigenvalue weighted by atomic mass is 9.69. The van der Waals surface area contributed by atoms with E-state index in [4.69, 9.17) is 4.84 Å². The van der Waals surface area contributed by atoms with Crippen molar-refractivity contribution in [2.24, 2.45) is 22.9 Å². The summed E-state index contributed by atoms with van der Waals surface area (Å²) in [6.45, 7) is 0. The minimum atomic E-state index is -0.289. The van der Waals surface area contributed by atoms with Crippen LogP contribution in [-0.4, -0.2) is 33.7 Å². The second kappa shape index (κ2) is 5.79. The number of aliphatic hydroxyl groups excluding tert-OH is 2. The SMILES string of the molecule is OC1CCC(O)C1C1CCCCC1CCC1=NOC2(CC2)C1. The summed E-state index contributed by atoms with van der Waals surface area (Å²) in [6.07, 6.45) is 11.5. The first-order chi connectivity index (χ1) is 10.7. The Kier molecular flexibility index (Phi) is 3.93. The highest BCUT2D eigenvalue weighted by Gasteiger charge is 2.50. The quantitative estimate of drug-likeness (QED) is 0.839. The van der Waals surface area contributed by atoms with E-state index in [2.05, 4.69) is 5.16 Å². The van der Waals surface area contributed by atoms with Gasteiger partial charge in [0.2, 0.25) is 0 Å². The fraction of sp³-hybridized carbons (Fsp3) is 0.944. The summed E-state index contributed by atoms with van der Waals surface area (Å²) in [5, 5.41) is 24.9. The number of hydrogen-bond acceptors (Lipinski definition) is 4. The molecule has 1 spiro atoms. The van der Waals surface area contributed by atoms with E-state index >= 15 is 0 Å². The van der Waals surface area contributed by atoms with Gasteiger partial charge < -0.3 is 15.1 Å². The monoisotopic (exact) mass is 307 g/mol. The van der Waals surface area contributed by atoms with Gasteiger partial charge in [-0.3, -0.25) is 0 Å². The van der Waals surface area contributed by atoms with Crippen molar-refractivity contribution in [3.63, 3.8) is 0 Å².